The second-order valence-corrected chi connectivity index (χ2v) is 8.12. The molecule has 0 N–H and O–H groups in total. The van der Waals surface area contributed by atoms with Crippen LogP contribution in [-0.2, 0) is 14.8 Å². The molecule has 1 fully saturated rings. The van der Waals surface area contributed by atoms with E-state index >= 15 is 0 Å². The Balaban J connectivity index is 1.96. The summed E-state index contributed by atoms with van der Waals surface area (Å²) in [5.74, 6) is 0.673. The first-order valence-electron chi connectivity index (χ1n) is 8.47. The minimum Gasteiger partial charge on any atom is -0.495 e. The molecule has 0 unspecified atom stereocenters. The summed E-state index contributed by atoms with van der Waals surface area (Å²) in [6.45, 7) is 4.71. The number of nitrogens with zero attached hydrogens (tertiary/aromatic N) is 3. The van der Waals surface area contributed by atoms with Gasteiger partial charge in [0.05, 0.1) is 25.6 Å². The van der Waals surface area contributed by atoms with E-state index in [4.69, 9.17) is 4.74 Å². The highest BCUT2D eigenvalue weighted by Crippen LogP contribution is 2.28. The highest BCUT2D eigenvalue weighted by molar-refractivity contribution is 7.88. The number of methoxy groups -OCH3 is 1. The predicted molar refractivity (Wildman–Crippen MR) is 98.5 cm³/mol. The monoisotopic (exact) mass is 369 g/mol. The Morgan fingerprint density at radius 1 is 1.20 bits per heavy atom. The smallest absolute Gasteiger partial charge is 0.238 e. The minimum absolute atomic E-state index is 0.0820. The van der Waals surface area contributed by atoms with Crippen molar-refractivity contribution in [3.05, 3.63) is 24.3 Å². The number of carbonyl (C=O) groups excluding carboxylic acids is 1. The Morgan fingerprint density at radius 3 is 2.40 bits per heavy atom. The first-order chi connectivity index (χ1) is 11.9. The summed E-state index contributed by atoms with van der Waals surface area (Å²) in [5.41, 5.74) is 1.01. The zero-order valence-corrected chi connectivity index (χ0v) is 16.0. The number of anilines is 1. The Morgan fingerprint density at radius 2 is 1.84 bits per heavy atom. The molecule has 25 heavy (non-hydrogen) atoms. The Bertz CT molecular complexity index is 685. The van der Waals surface area contributed by atoms with Gasteiger partial charge in [0, 0.05) is 32.7 Å². The van der Waals surface area contributed by atoms with E-state index in [0.717, 1.165) is 17.7 Å². The average molecular weight is 369 g/mol. The molecule has 0 radical (unpaired) electrons. The molecule has 0 bridgehead atoms. The zero-order chi connectivity index (χ0) is 18.4. The molecule has 0 spiro atoms. The number of sulfonamides is 1. The third-order valence-corrected chi connectivity index (χ3v) is 5.56. The van der Waals surface area contributed by atoms with Crippen LogP contribution in [0.1, 0.15) is 13.3 Å². The fraction of sp³-hybridized carbons (Fsp3) is 0.588. The van der Waals surface area contributed by atoms with Gasteiger partial charge in [0.15, 0.2) is 0 Å². The molecule has 1 saturated heterocycles. The molecular formula is C17H27N3O4S. The Hall–Kier alpha value is -1.80. The standard InChI is InChI=1S/C17H27N3O4S/c1-4-9-20(25(3,22)23)14-17(21)19-12-10-18(11-13-19)15-7-5-6-8-16(15)24-2/h5-8H,4,9-14H2,1-3H3. The largest absolute Gasteiger partial charge is 0.495 e. The van der Waals surface area contributed by atoms with Gasteiger partial charge in [-0.05, 0) is 18.6 Å². The molecule has 1 aliphatic rings. The van der Waals surface area contributed by atoms with Gasteiger partial charge >= 0.3 is 0 Å². The summed E-state index contributed by atoms with van der Waals surface area (Å²) in [6.07, 6.45) is 1.83. The quantitative estimate of drug-likeness (QED) is 0.718. The van der Waals surface area contributed by atoms with Crippen molar-refractivity contribution in [3.63, 3.8) is 0 Å². The lowest BCUT2D eigenvalue weighted by molar-refractivity contribution is -0.131. The molecule has 2 rings (SSSR count). The van der Waals surface area contributed by atoms with Crippen molar-refractivity contribution in [1.29, 1.82) is 0 Å². The van der Waals surface area contributed by atoms with Gasteiger partial charge in [-0.2, -0.15) is 4.31 Å². The van der Waals surface area contributed by atoms with Crippen molar-refractivity contribution in [2.45, 2.75) is 13.3 Å². The van der Waals surface area contributed by atoms with Crippen LogP contribution in [0, 0.1) is 0 Å². The molecule has 8 heteroatoms. The molecule has 1 aliphatic heterocycles. The van der Waals surface area contributed by atoms with Gasteiger partial charge in [-0.1, -0.05) is 19.1 Å². The van der Waals surface area contributed by atoms with E-state index in [1.54, 1.807) is 12.0 Å². The van der Waals surface area contributed by atoms with Crippen LogP contribution in [0.3, 0.4) is 0 Å². The van der Waals surface area contributed by atoms with Gasteiger partial charge in [-0.15, -0.1) is 0 Å². The Kier molecular flexibility index (Phi) is 6.66. The maximum atomic E-state index is 12.5. The fourth-order valence-electron chi connectivity index (χ4n) is 2.95. The molecule has 0 saturated carbocycles. The topological polar surface area (TPSA) is 70.2 Å². The normalized spacial score (nSPS) is 15.5. The Labute approximate surface area is 150 Å². The van der Waals surface area contributed by atoms with Crippen LogP contribution in [0.4, 0.5) is 5.69 Å². The van der Waals surface area contributed by atoms with Gasteiger partial charge in [0.1, 0.15) is 5.75 Å². The molecule has 1 heterocycles. The zero-order valence-electron chi connectivity index (χ0n) is 15.1. The maximum absolute atomic E-state index is 12.5. The molecule has 0 aliphatic carbocycles. The van der Waals surface area contributed by atoms with E-state index in [1.165, 1.54) is 4.31 Å². The highest BCUT2D eigenvalue weighted by Gasteiger charge is 2.26. The summed E-state index contributed by atoms with van der Waals surface area (Å²) in [6, 6.07) is 7.81. The number of hydrogen-bond donors (Lipinski definition) is 0. The predicted octanol–water partition coefficient (Wildman–Crippen LogP) is 1.02. The number of ether oxygens (including phenoxy) is 1. The molecular weight excluding hydrogens is 342 g/mol. The lowest BCUT2D eigenvalue weighted by Crippen LogP contribution is -2.52. The SMILES string of the molecule is CCCN(CC(=O)N1CCN(c2ccccc2OC)CC1)S(C)(=O)=O. The van der Waals surface area contributed by atoms with E-state index in [2.05, 4.69) is 4.90 Å². The summed E-state index contributed by atoms with van der Waals surface area (Å²) >= 11 is 0. The van der Waals surface area contributed by atoms with Crippen LogP contribution in [0.2, 0.25) is 0 Å². The number of benzene rings is 1. The van der Waals surface area contributed by atoms with Gasteiger partial charge < -0.3 is 14.5 Å². The van der Waals surface area contributed by atoms with E-state index in [9.17, 15) is 13.2 Å². The van der Waals surface area contributed by atoms with Crippen molar-refractivity contribution in [2.75, 3.05) is 57.5 Å². The molecule has 1 aromatic rings. The summed E-state index contributed by atoms with van der Waals surface area (Å²) in [4.78, 5) is 16.4. The van der Waals surface area contributed by atoms with Crippen molar-refractivity contribution in [2.24, 2.45) is 0 Å². The number of carbonyl (C=O) groups is 1. The van der Waals surface area contributed by atoms with E-state index in [1.807, 2.05) is 31.2 Å². The van der Waals surface area contributed by atoms with Gasteiger partial charge in [-0.25, -0.2) is 8.42 Å². The lowest BCUT2D eigenvalue weighted by atomic mass is 10.2. The lowest BCUT2D eigenvalue weighted by Gasteiger charge is -2.37. The first kappa shape index (κ1) is 19.5. The van der Waals surface area contributed by atoms with E-state index < -0.39 is 10.0 Å². The van der Waals surface area contributed by atoms with Gasteiger partial charge in [-0.3, -0.25) is 4.79 Å². The van der Waals surface area contributed by atoms with Crippen LogP contribution >= 0.6 is 0 Å². The summed E-state index contributed by atoms with van der Waals surface area (Å²) in [7, 11) is -1.72. The molecule has 0 aromatic heterocycles. The fourth-order valence-corrected chi connectivity index (χ4v) is 3.81. The van der Waals surface area contributed by atoms with Crippen LogP contribution < -0.4 is 9.64 Å². The van der Waals surface area contributed by atoms with Gasteiger partial charge in [0.2, 0.25) is 15.9 Å². The molecule has 0 atom stereocenters. The highest BCUT2D eigenvalue weighted by atomic mass is 32.2. The summed E-state index contributed by atoms with van der Waals surface area (Å²) in [5, 5.41) is 0. The van der Waals surface area contributed by atoms with Crippen LogP contribution in [-0.4, -0.2) is 76.2 Å². The van der Waals surface area contributed by atoms with Gasteiger partial charge in [0.25, 0.3) is 0 Å². The van der Waals surface area contributed by atoms with Crippen LogP contribution in [0.15, 0.2) is 24.3 Å². The van der Waals surface area contributed by atoms with Crippen LogP contribution in [0.25, 0.3) is 0 Å². The molecule has 1 amide bonds. The van der Waals surface area contributed by atoms with Crippen molar-refractivity contribution in [1.82, 2.24) is 9.21 Å². The van der Waals surface area contributed by atoms with Crippen LogP contribution in [0.5, 0.6) is 5.75 Å². The summed E-state index contributed by atoms with van der Waals surface area (Å²) < 4.78 is 30.2. The first-order valence-corrected chi connectivity index (χ1v) is 10.3. The van der Waals surface area contributed by atoms with E-state index in [-0.39, 0.29) is 12.5 Å². The number of para-hydroxylation sites is 2. The number of hydrogen-bond acceptors (Lipinski definition) is 5. The minimum atomic E-state index is -3.36. The average Bonchev–Trinajstić information content (AvgIpc) is 2.60. The third-order valence-electron chi connectivity index (χ3n) is 4.31. The van der Waals surface area contributed by atoms with Crippen molar-refractivity contribution >= 4 is 21.6 Å². The van der Waals surface area contributed by atoms with Crippen molar-refractivity contribution in [3.8, 4) is 5.75 Å². The second-order valence-electron chi connectivity index (χ2n) is 6.14. The molecule has 140 valence electrons. The number of amides is 1. The third kappa shape index (κ3) is 5.09. The molecule has 7 nitrogen and oxygen atoms in total. The molecule has 1 aromatic carbocycles. The number of piperazine rings is 1. The maximum Gasteiger partial charge on any atom is 0.238 e. The van der Waals surface area contributed by atoms with Crippen molar-refractivity contribution < 1.29 is 17.9 Å². The second kappa shape index (κ2) is 8.53. The van der Waals surface area contributed by atoms with E-state index in [0.29, 0.717) is 39.1 Å². The number of rotatable bonds is 7.